The lowest BCUT2D eigenvalue weighted by Gasteiger charge is -2.24. The summed E-state index contributed by atoms with van der Waals surface area (Å²) in [4.78, 5) is 11.8. The second kappa shape index (κ2) is 4.72. The molecule has 0 heterocycles. The summed E-state index contributed by atoms with van der Waals surface area (Å²) in [6.07, 6.45) is 4.18. The van der Waals surface area contributed by atoms with E-state index < -0.39 is 0 Å². The minimum Gasteiger partial charge on any atom is -0.374 e. The maximum absolute atomic E-state index is 11.8. The van der Waals surface area contributed by atoms with Crippen LogP contribution in [0.3, 0.4) is 0 Å². The Morgan fingerprint density at radius 2 is 2.08 bits per heavy atom. The lowest BCUT2D eigenvalue weighted by Crippen LogP contribution is -2.38. The van der Waals surface area contributed by atoms with E-state index in [0.29, 0.717) is 13.2 Å². The molecule has 0 saturated heterocycles. The highest BCUT2D eigenvalue weighted by molar-refractivity contribution is 5.86. The van der Waals surface area contributed by atoms with Gasteiger partial charge in [0.05, 0.1) is 0 Å². The fourth-order valence-electron chi connectivity index (χ4n) is 2.00. The number of rotatable bonds is 5. The third kappa shape index (κ3) is 2.29. The second-order valence-electron chi connectivity index (χ2n) is 3.75. The maximum Gasteiger partial charge on any atom is 0.165 e. The van der Waals surface area contributed by atoms with Gasteiger partial charge in [-0.25, -0.2) is 0 Å². The Morgan fingerprint density at radius 1 is 1.46 bits per heavy atom. The standard InChI is InChI=1S/C10H19NO2/c1-2-13-7-9(12)10(8-11)5-3-4-6-10/h2-8,11H2,1H3. The highest BCUT2D eigenvalue weighted by Gasteiger charge is 2.39. The molecule has 1 aliphatic rings. The van der Waals surface area contributed by atoms with E-state index in [1.165, 1.54) is 0 Å². The fourth-order valence-corrected chi connectivity index (χ4v) is 2.00. The van der Waals surface area contributed by atoms with Gasteiger partial charge in [-0.3, -0.25) is 4.79 Å². The molecule has 76 valence electrons. The SMILES string of the molecule is CCOCC(=O)C1(CN)CCCC1. The van der Waals surface area contributed by atoms with Gasteiger partial charge in [0.15, 0.2) is 5.78 Å². The quantitative estimate of drug-likeness (QED) is 0.698. The molecule has 0 spiro atoms. The number of carbonyl (C=O) groups excluding carboxylic acids is 1. The molecule has 0 aromatic carbocycles. The van der Waals surface area contributed by atoms with Gasteiger partial charge >= 0.3 is 0 Å². The Balaban J connectivity index is 2.49. The Morgan fingerprint density at radius 3 is 2.54 bits per heavy atom. The van der Waals surface area contributed by atoms with E-state index in [-0.39, 0.29) is 17.8 Å². The van der Waals surface area contributed by atoms with Gasteiger partial charge in [0, 0.05) is 18.6 Å². The third-order valence-corrected chi connectivity index (χ3v) is 2.98. The number of ether oxygens (including phenoxy) is 1. The van der Waals surface area contributed by atoms with Crippen LogP contribution in [-0.4, -0.2) is 25.5 Å². The Labute approximate surface area is 79.6 Å². The van der Waals surface area contributed by atoms with Gasteiger partial charge in [-0.05, 0) is 19.8 Å². The average molecular weight is 185 g/mol. The molecule has 3 heteroatoms. The number of Topliss-reactive ketones (excluding diaryl/α,β-unsaturated/α-hetero) is 1. The number of carbonyl (C=O) groups is 1. The van der Waals surface area contributed by atoms with E-state index in [1.54, 1.807) is 0 Å². The third-order valence-electron chi connectivity index (χ3n) is 2.98. The number of hydrogen-bond donors (Lipinski definition) is 1. The summed E-state index contributed by atoms with van der Waals surface area (Å²) >= 11 is 0. The molecule has 0 radical (unpaired) electrons. The molecular formula is C10H19NO2. The predicted octanol–water partition coefficient (Wildman–Crippen LogP) is 1.11. The van der Waals surface area contributed by atoms with Crippen molar-refractivity contribution in [3.8, 4) is 0 Å². The van der Waals surface area contributed by atoms with Gasteiger partial charge in [-0.1, -0.05) is 12.8 Å². The van der Waals surface area contributed by atoms with E-state index >= 15 is 0 Å². The molecule has 0 bridgehead atoms. The Bertz CT molecular complexity index is 174. The summed E-state index contributed by atoms with van der Waals surface area (Å²) in [7, 11) is 0. The summed E-state index contributed by atoms with van der Waals surface area (Å²) in [5.74, 6) is 0.203. The van der Waals surface area contributed by atoms with Gasteiger partial charge in [0.25, 0.3) is 0 Å². The largest absolute Gasteiger partial charge is 0.374 e. The molecule has 0 aliphatic heterocycles. The van der Waals surface area contributed by atoms with Gasteiger partial charge in [-0.15, -0.1) is 0 Å². The summed E-state index contributed by atoms with van der Waals surface area (Å²) in [5, 5.41) is 0. The number of nitrogens with two attached hydrogens (primary N) is 1. The normalized spacial score (nSPS) is 20.5. The van der Waals surface area contributed by atoms with Crippen LogP contribution in [0.1, 0.15) is 32.6 Å². The van der Waals surface area contributed by atoms with Gasteiger partial charge in [0.1, 0.15) is 6.61 Å². The molecule has 1 aliphatic carbocycles. The van der Waals surface area contributed by atoms with Crippen LogP contribution in [0.25, 0.3) is 0 Å². The molecule has 0 aromatic heterocycles. The monoisotopic (exact) mass is 185 g/mol. The lowest BCUT2D eigenvalue weighted by molar-refractivity contribution is -0.132. The summed E-state index contributed by atoms with van der Waals surface area (Å²) in [6, 6.07) is 0. The van der Waals surface area contributed by atoms with Crippen LogP contribution in [0.15, 0.2) is 0 Å². The van der Waals surface area contributed by atoms with Gasteiger partial charge in [-0.2, -0.15) is 0 Å². The zero-order chi connectivity index (χ0) is 9.73. The summed E-state index contributed by atoms with van der Waals surface area (Å²) in [6.45, 7) is 3.23. The van der Waals surface area contributed by atoms with Crippen LogP contribution in [0.5, 0.6) is 0 Å². The molecule has 0 atom stereocenters. The second-order valence-corrected chi connectivity index (χ2v) is 3.75. The highest BCUT2D eigenvalue weighted by Crippen LogP contribution is 2.37. The highest BCUT2D eigenvalue weighted by atomic mass is 16.5. The van der Waals surface area contributed by atoms with Crippen molar-refractivity contribution in [2.75, 3.05) is 19.8 Å². The molecule has 1 fully saturated rings. The van der Waals surface area contributed by atoms with Crippen LogP contribution in [0, 0.1) is 5.41 Å². The molecule has 1 saturated carbocycles. The molecule has 0 aromatic rings. The molecule has 3 nitrogen and oxygen atoms in total. The van der Waals surface area contributed by atoms with Gasteiger partial charge < -0.3 is 10.5 Å². The smallest absolute Gasteiger partial charge is 0.165 e. The van der Waals surface area contributed by atoms with E-state index in [1.807, 2.05) is 6.92 Å². The van der Waals surface area contributed by atoms with Crippen molar-refractivity contribution in [1.82, 2.24) is 0 Å². The molecular weight excluding hydrogens is 166 g/mol. The van der Waals surface area contributed by atoms with Crippen molar-refractivity contribution in [1.29, 1.82) is 0 Å². The summed E-state index contributed by atoms with van der Waals surface area (Å²) < 4.78 is 5.13. The van der Waals surface area contributed by atoms with E-state index in [9.17, 15) is 4.79 Å². The topological polar surface area (TPSA) is 52.3 Å². The average Bonchev–Trinajstić information content (AvgIpc) is 2.63. The van der Waals surface area contributed by atoms with Crippen LogP contribution in [0.2, 0.25) is 0 Å². The zero-order valence-corrected chi connectivity index (χ0v) is 8.34. The first-order valence-corrected chi connectivity index (χ1v) is 5.06. The first kappa shape index (κ1) is 10.7. The van der Waals surface area contributed by atoms with E-state index in [4.69, 9.17) is 10.5 Å². The minimum absolute atomic E-state index is 0.203. The molecule has 0 amide bonds. The van der Waals surface area contributed by atoms with Crippen molar-refractivity contribution < 1.29 is 9.53 Å². The summed E-state index contributed by atoms with van der Waals surface area (Å²) in [5.41, 5.74) is 5.42. The zero-order valence-electron chi connectivity index (χ0n) is 8.34. The lowest BCUT2D eigenvalue weighted by atomic mass is 9.82. The molecule has 2 N–H and O–H groups in total. The van der Waals surface area contributed by atoms with Crippen LogP contribution in [-0.2, 0) is 9.53 Å². The van der Waals surface area contributed by atoms with Crippen LogP contribution < -0.4 is 5.73 Å². The van der Waals surface area contributed by atoms with Crippen LogP contribution in [0.4, 0.5) is 0 Å². The minimum atomic E-state index is -0.241. The molecule has 13 heavy (non-hydrogen) atoms. The van der Waals surface area contributed by atoms with Crippen molar-refractivity contribution in [2.24, 2.45) is 11.1 Å². The van der Waals surface area contributed by atoms with E-state index in [0.717, 1.165) is 25.7 Å². The number of ketones is 1. The van der Waals surface area contributed by atoms with E-state index in [2.05, 4.69) is 0 Å². The fraction of sp³-hybridized carbons (Fsp3) is 0.900. The van der Waals surface area contributed by atoms with Crippen LogP contribution >= 0.6 is 0 Å². The maximum atomic E-state index is 11.8. The Kier molecular flexibility index (Phi) is 3.88. The number of hydrogen-bond acceptors (Lipinski definition) is 3. The molecule has 0 unspecified atom stereocenters. The van der Waals surface area contributed by atoms with Gasteiger partial charge in [0.2, 0.25) is 0 Å². The first-order valence-electron chi connectivity index (χ1n) is 5.06. The first-order chi connectivity index (χ1) is 6.25. The van der Waals surface area contributed by atoms with Crippen molar-refractivity contribution in [2.45, 2.75) is 32.6 Å². The van der Waals surface area contributed by atoms with Crippen molar-refractivity contribution in [3.63, 3.8) is 0 Å². The predicted molar refractivity (Wildman–Crippen MR) is 51.5 cm³/mol. The van der Waals surface area contributed by atoms with Crippen molar-refractivity contribution >= 4 is 5.78 Å². The van der Waals surface area contributed by atoms with Crippen molar-refractivity contribution in [3.05, 3.63) is 0 Å². The molecule has 1 rings (SSSR count). The Hall–Kier alpha value is -0.410.